The molecule has 1 aromatic heterocycles. The number of ketones is 1. The molecule has 3 rings (SSSR count). The third-order valence-corrected chi connectivity index (χ3v) is 2.82. The van der Waals surface area contributed by atoms with E-state index in [1.165, 1.54) is 5.56 Å². The van der Waals surface area contributed by atoms with Crippen LogP contribution in [-0.4, -0.2) is 5.78 Å². The highest BCUT2D eigenvalue weighted by Gasteiger charge is 2.18. The standard InChI is InChI=1S/C13H10O2/c1-8(14)9-4-2-6-11-10-5-3-7-12(10)15-13(9)11/h2-4,6-7H,5H2,1H3. The van der Waals surface area contributed by atoms with Gasteiger partial charge in [-0.2, -0.15) is 0 Å². The molecule has 2 heteroatoms. The van der Waals surface area contributed by atoms with Crippen LogP contribution in [0.1, 0.15) is 28.6 Å². The van der Waals surface area contributed by atoms with Gasteiger partial charge in [-0.05, 0) is 25.5 Å². The van der Waals surface area contributed by atoms with Crippen molar-refractivity contribution in [1.29, 1.82) is 0 Å². The molecule has 1 aliphatic rings. The van der Waals surface area contributed by atoms with Gasteiger partial charge in [0.05, 0.1) is 5.56 Å². The minimum Gasteiger partial charge on any atom is -0.456 e. The van der Waals surface area contributed by atoms with Gasteiger partial charge in [0.25, 0.3) is 0 Å². The van der Waals surface area contributed by atoms with Gasteiger partial charge in [-0.25, -0.2) is 0 Å². The molecule has 0 unspecified atom stereocenters. The van der Waals surface area contributed by atoms with Crippen LogP contribution in [0.5, 0.6) is 0 Å². The highest BCUT2D eigenvalue weighted by Crippen LogP contribution is 2.33. The Morgan fingerprint density at radius 2 is 2.27 bits per heavy atom. The summed E-state index contributed by atoms with van der Waals surface area (Å²) in [5.41, 5.74) is 2.61. The molecule has 0 radical (unpaired) electrons. The Bertz CT molecular complexity index is 588. The lowest BCUT2D eigenvalue weighted by atomic mass is 10.1. The summed E-state index contributed by atoms with van der Waals surface area (Å²) < 4.78 is 5.70. The Morgan fingerprint density at radius 3 is 3.07 bits per heavy atom. The summed E-state index contributed by atoms with van der Waals surface area (Å²) >= 11 is 0. The minimum absolute atomic E-state index is 0.0528. The number of carbonyl (C=O) groups excluding carboxylic acids is 1. The number of furan rings is 1. The maximum atomic E-state index is 11.4. The molecule has 0 amide bonds. The molecule has 0 fully saturated rings. The second-order valence-electron chi connectivity index (χ2n) is 3.79. The van der Waals surface area contributed by atoms with Crippen LogP contribution in [0.2, 0.25) is 0 Å². The Balaban J connectivity index is 2.41. The van der Waals surface area contributed by atoms with Crippen LogP contribution >= 0.6 is 0 Å². The van der Waals surface area contributed by atoms with Crippen molar-refractivity contribution in [3.05, 3.63) is 41.2 Å². The number of hydrogen-bond acceptors (Lipinski definition) is 2. The average Bonchev–Trinajstić information content (AvgIpc) is 2.75. The molecule has 1 aromatic carbocycles. The fourth-order valence-electron chi connectivity index (χ4n) is 2.10. The zero-order chi connectivity index (χ0) is 10.4. The first-order valence-electron chi connectivity index (χ1n) is 4.99. The molecule has 74 valence electrons. The van der Waals surface area contributed by atoms with Gasteiger partial charge in [0.1, 0.15) is 11.3 Å². The lowest BCUT2D eigenvalue weighted by Crippen LogP contribution is -1.91. The van der Waals surface area contributed by atoms with E-state index in [9.17, 15) is 4.79 Å². The molecule has 0 saturated carbocycles. The van der Waals surface area contributed by atoms with E-state index < -0.39 is 0 Å². The molecule has 0 N–H and O–H groups in total. The van der Waals surface area contributed by atoms with Crippen molar-refractivity contribution in [2.75, 3.05) is 0 Å². The molecule has 1 aliphatic carbocycles. The molecule has 2 aromatic rings. The molecule has 0 atom stereocenters. The number of hydrogen-bond donors (Lipinski definition) is 0. The maximum absolute atomic E-state index is 11.4. The van der Waals surface area contributed by atoms with Crippen molar-refractivity contribution in [3.63, 3.8) is 0 Å². The topological polar surface area (TPSA) is 30.2 Å². The number of para-hydroxylation sites is 1. The Kier molecular flexibility index (Phi) is 1.60. The quantitative estimate of drug-likeness (QED) is 0.658. The first-order valence-corrected chi connectivity index (χ1v) is 4.99. The smallest absolute Gasteiger partial charge is 0.163 e. The first kappa shape index (κ1) is 8.48. The molecular formula is C13H10O2. The molecular weight excluding hydrogens is 188 g/mol. The zero-order valence-corrected chi connectivity index (χ0v) is 8.41. The number of benzene rings is 1. The van der Waals surface area contributed by atoms with Gasteiger partial charge in [-0.15, -0.1) is 0 Å². The fourth-order valence-corrected chi connectivity index (χ4v) is 2.10. The van der Waals surface area contributed by atoms with E-state index in [1.807, 2.05) is 24.3 Å². The van der Waals surface area contributed by atoms with Gasteiger partial charge in [0.2, 0.25) is 0 Å². The second kappa shape index (κ2) is 2.83. The highest BCUT2D eigenvalue weighted by molar-refractivity contribution is 6.06. The van der Waals surface area contributed by atoms with Crippen LogP contribution < -0.4 is 0 Å². The predicted octanol–water partition coefficient (Wildman–Crippen LogP) is 3.20. The van der Waals surface area contributed by atoms with Crippen LogP contribution in [0.15, 0.2) is 28.7 Å². The zero-order valence-electron chi connectivity index (χ0n) is 8.41. The van der Waals surface area contributed by atoms with Crippen LogP contribution in [0.4, 0.5) is 0 Å². The largest absolute Gasteiger partial charge is 0.456 e. The SMILES string of the molecule is CC(=O)c1cccc2c3c(oc12)C=CC3. The number of carbonyl (C=O) groups is 1. The summed E-state index contributed by atoms with van der Waals surface area (Å²) in [5, 5.41) is 1.07. The van der Waals surface area contributed by atoms with Gasteiger partial charge < -0.3 is 4.42 Å². The number of allylic oxidation sites excluding steroid dienone is 1. The molecule has 0 spiro atoms. The molecule has 0 bridgehead atoms. The monoisotopic (exact) mass is 198 g/mol. The normalized spacial score (nSPS) is 13.4. The number of Topliss-reactive ketones (excluding diaryl/α,β-unsaturated/α-hetero) is 1. The van der Waals surface area contributed by atoms with Crippen molar-refractivity contribution < 1.29 is 9.21 Å². The highest BCUT2D eigenvalue weighted by atomic mass is 16.3. The molecule has 1 heterocycles. The van der Waals surface area contributed by atoms with Gasteiger partial charge in [-0.1, -0.05) is 18.2 Å². The number of rotatable bonds is 1. The third kappa shape index (κ3) is 1.08. The third-order valence-electron chi connectivity index (χ3n) is 2.82. The number of fused-ring (bicyclic) bond motifs is 3. The summed E-state index contributed by atoms with van der Waals surface area (Å²) in [7, 11) is 0. The van der Waals surface area contributed by atoms with E-state index in [0.29, 0.717) is 5.56 Å². The van der Waals surface area contributed by atoms with Crippen molar-refractivity contribution in [1.82, 2.24) is 0 Å². The van der Waals surface area contributed by atoms with Gasteiger partial charge >= 0.3 is 0 Å². The fraction of sp³-hybridized carbons (Fsp3) is 0.154. The summed E-state index contributed by atoms with van der Waals surface area (Å²) in [5.74, 6) is 0.954. The second-order valence-corrected chi connectivity index (χ2v) is 3.79. The van der Waals surface area contributed by atoms with Crippen LogP contribution in [0.3, 0.4) is 0 Å². The van der Waals surface area contributed by atoms with E-state index in [0.717, 1.165) is 23.2 Å². The first-order chi connectivity index (χ1) is 7.27. The summed E-state index contributed by atoms with van der Waals surface area (Å²) in [6.45, 7) is 1.57. The Morgan fingerprint density at radius 1 is 1.40 bits per heavy atom. The van der Waals surface area contributed by atoms with Crippen molar-refractivity contribution in [3.8, 4) is 0 Å². The van der Waals surface area contributed by atoms with Crippen molar-refractivity contribution in [2.24, 2.45) is 0 Å². The van der Waals surface area contributed by atoms with Crippen molar-refractivity contribution >= 4 is 22.8 Å². The summed E-state index contributed by atoms with van der Waals surface area (Å²) in [4.78, 5) is 11.4. The van der Waals surface area contributed by atoms with Crippen LogP contribution in [-0.2, 0) is 6.42 Å². The van der Waals surface area contributed by atoms with Gasteiger partial charge in [0.15, 0.2) is 5.78 Å². The minimum atomic E-state index is 0.0528. The van der Waals surface area contributed by atoms with Crippen molar-refractivity contribution in [2.45, 2.75) is 13.3 Å². The Hall–Kier alpha value is -1.83. The molecule has 2 nitrogen and oxygen atoms in total. The van der Waals surface area contributed by atoms with Gasteiger partial charge in [-0.3, -0.25) is 4.79 Å². The van der Waals surface area contributed by atoms with E-state index in [-0.39, 0.29) is 5.78 Å². The van der Waals surface area contributed by atoms with E-state index in [2.05, 4.69) is 6.08 Å². The molecule has 0 saturated heterocycles. The summed E-state index contributed by atoms with van der Waals surface area (Å²) in [6.07, 6.45) is 4.96. The lowest BCUT2D eigenvalue weighted by Gasteiger charge is -1.96. The molecule has 15 heavy (non-hydrogen) atoms. The lowest BCUT2D eigenvalue weighted by molar-refractivity contribution is 0.101. The van der Waals surface area contributed by atoms with E-state index >= 15 is 0 Å². The Labute approximate surface area is 87.2 Å². The van der Waals surface area contributed by atoms with E-state index in [4.69, 9.17) is 4.42 Å². The van der Waals surface area contributed by atoms with Crippen LogP contribution in [0, 0.1) is 0 Å². The van der Waals surface area contributed by atoms with Gasteiger partial charge in [0, 0.05) is 10.9 Å². The average molecular weight is 198 g/mol. The predicted molar refractivity (Wildman–Crippen MR) is 59.0 cm³/mol. The maximum Gasteiger partial charge on any atom is 0.163 e. The van der Waals surface area contributed by atoms with E-state index in [1.54, 1.807) is 6.92 Å². The molecule has 0 aliphatic heterocycles. The summed E-state index contributed by atoms with van der Waals surface area (Å²) in [6, 6.07) is 5.73. The van der Waals surface area contributed by atoms with Crippen LogP contribution in [0.25, 0.3) is 17.0 Å².